The van der Waals surface area contributed by atoms with Gasteiger partial charge in [0.25, 0.3) is 0 Å². The minimum atomic E-state index is -4.60. The lowest BCUT2D eigenvalue weighted by molar-refractivity contribution is -0.0580. The van der Waals surface area contributed by atoms with E-state index in [1.54, 1.807) is 43.3 Å². The molecule has 7 heteroatoms. The Labute approximate surface area is 153 Å². The lowest BCUT2D eigenvalue weighted by Crippen LogP contribution is -2.24. The van der Waals surface area contributed by atoms with Gasteiger partial charge in [0.05, 0.1) is 11.4 Å². The number of benzene rings is 2. The second kappa shape index (κ2) is 6.96. The van der Waals surface area contributed by atoms with E-state index in [1.165, 1.54) is 22.9 Å². The molecule has 0 aliphatic rings. The van der Waals surface area contributed by atoms with Gasteiger partial charge in [0, 0.05) is 16.7 Å². The third-order valence-corrected chi connectivity index (χ3v) is 3.92. The number of nitrogens with zero attached hydrogens (tertiary/aromatic N) is 3. The summed E-state index contributed by atoms with van der Waals surface area (Å²) >= 11 is 5.99. The van der Waals surface area contributed by atoms with Crippen LogP contribution in [0.1, 0.15) is 16.8 Å². The smallest absolute Gasteiger partial charge is 0.223 e. The SMILES string of the molecule is Cc1ccc(C(=Nc2cc(C)nn2-c2cccc(Cl)c2)C(F)(F)F)cc1. The van der Waals surface area contributed by atoms with Gasteiger partial charge in [-0.05, 0) is 32.0 Å². The molecule has 26 heavy (non-hydrogen) atoms. The van der Waals surface area contributed by atoms with E-state index < -0.39 is 11.9 Å². The van der Waals surface area contributed by atoms with Gasteiger partial charge in [0.1, 0.15) is 0 Å². The van der Waals surface area contributed by atoms with Gasteiger partial charge in [-0.1, -0.05) is 47.5 Å². The maximum Gasteiger partial charge on any atom is 0.434 e. The Kier molecular flexibility index (Phi) is 4.87. The third-order valence-electron chi connectivity index (χ3n) is 3.69. The van der Waals surface area contributed by atoms with Crippen LogP contribution in [-0.2, 0) is 0 Å². The first-order valence-electron chi connectivity index (χ1n) is 7.79. The summed E-state index contributed by atoms with van der Waals surface area (Å²) in [6, 6.07) is 14.3. The minimum absolute atomic E-state index is 0.000373. The number of hydrogen-bond acceptors (Lipinski definition) is 2. The molecule has 1 aromatic heterocycles. The fourth-order valence-electron chi connectivity index (χ4n) is 2.48. The minimum Gasteiger partial charge on any atom is -0.223 e. The number of hydrogen-bond donors (Lipinski definition) is 0. The first-order chi connectivity index (χ1) is 12.2. The molecule has 3 aromatic rings. The van der Waals surface area contributed by atoms with E-state index in [2.05, 4.69) is 10.1 Å². The predicted molar refractivity (Wildman–Crippen MR) is 96.7 cm³/mol. The highest BCUT2D eigenvalue weighted by Gasteiger charge is 2.37. The van der Waals surface area contributed by atoms with Crippen LogP contribution in [0.25, 0.3) is 5.69 Å². The zero-order valence-corrected chi connectivity index (χ0v) is 14.8. The maximum atomic E-state index is 13.6. The Bertz CT molecular complexity index is 957. The molecule has 0 unspecified atom stereocenters. The van der Waals surface area contributed by atoms with Gasteiger partial charge >= 0.3 is 6.18 Å². The molecule has 0 atom stereocenters. The molecule has 0 aliphatic heterocycles. The molecule has 0 bridgehead atoms. The van der Waals surface area contributed by atoms with Crippen LogP contribution in [0.2, 0.25) is 5.02 Å². The maximum absolute atomic E-state index is 13.6. The average molecular weight is 378 g/mol. The van der Waals surface area contributed by atoms with Crippen LogP contribution in [-0.4, -0.2) is 21.7 Å². The van der Waals surface area contributed by atoms with Crippen molar-refractivity contribution in [1.29, 1.82) is 0 Å². The molecule has 0 N–H and O–H groups in total. The van der Waals surface area contributed by atoms with Crippen LogP contribution in [0, 0.1) is 13.8 Å². The highest BCUT2D eigenvalue weighted by molar-refractivity contribution is 6.30. The van der Waals surface area contributed by atoms with Crippen molar-refractivity contribution in [3.63, 3.8) is 0 Å². The Morgan fingerprint density at radius 2 is 1.73 bits per heavy atom. The van der Waals surface area contributed by atoms with Gasteiger partial charge in [-0.3, -0.25) is 0 Å². The number of aryl methyl sites for hydroxylation is 2. The van der Waals surface area contributed by atoms with Crippen molar-refractivity contribution in [1.82, 2.24) is 9.78 Å². The second-order valence-corrected chi connectivity index (χ2v) is 6.30. The fourth-order valence-corrected chi connectivity index (χ4v) is 2.67. The summed E-state index contributed by atoms with van der Waals surface area (Å²) in [5.74, 6) is 0.0812. The van der Waals surface area contributed by atoms with Crippen LogP contribution in [0.4, 0.5) is 19.0 Å². The van der Waals surface area contributed by atoms with E-state index in [0.717, 1.165) is 5.56 Å². The Morgan fingerprint density at radius 3 is 2.35 bits per heavy atom. The van der Waals surface area contributed by atoms with Crippen molar-refractivity contribution < 1.29 is 13.2 Å². The molecule has 0 radical (unpaired) electrons. The molecule has 1 heterocycles. The van der Waals surface area contributed by atoms with Crippen molar-refractivity contribution in [3.05, 3.63) is 76.4 Å². The van der Waals surface area contributed by atoms with Crippen molar-refractivity contribution >= 4 is 23.1 Å². The van der Waals surface area contributed by atoms with Gasteiger partial charge in [0.15, 0.2) is 11.5 Å². The normalized spacial score (nSPS) is 12.5. The lowest BCUT2D eigenvalue weighted by Gasteiger charge is -2.12. The first-order valence-corrected chi connectivity index (χ1v) is 8.17. The molecular weight excluding hydrogens is 363 g/mol. The van der Waals surface area contributed by atoms with Gasteiger partial charge in [0.2, 0.25) is 0 Å². The summed E-state index contributed by atoms with van der Waals surface area (Å²) in [6.45, 7) is 3.50. The number of alkyl halides is 3. The topological polar surface area (TPSA) is 30.2 Å². The molecule has 0 saturated heterocycles. The van der Waals surface area contributed by atoms with Gasteiger partial charge in [-0.2, -0.15) is 18.3 Å². The van der Waals surface area contributed by atoms with E-state index >= 15 is 0 Å². The van der Waals surface area contributed by atoms with Crippen LogP contribution in [0.3, 0.4) is 0 Å². The van der Waals surface area contributed by atoms with Crippen LogP contribution in [0.5, 0.6) is 0 Å². The standard InChI is InChI=1S/C19H15ClF3N3/c1-12-6-8-14(9-7-12)18(19(21,22)23)24-17-10-13(2)25-26(17)16-5-3-4-15(20)11-16/h3-11H,1-2H3. The summed E-state index contributed by atoms with van der Waals surface area (Å²) in [4.78, 5) is 3.91. The molecule has 3 rings (SSSR count). The zero-order valence-electron chi connectivity index (χ0n) is 14.0. The van der Waals surface area contributed by atoms with E-state index in [9.17, 15) is 13.2 Å². The zero-order chi connectivity index (χ0) is 18.9. The molecule has 0 saturated carbocycles. The molecule has 0 amide bonds. The molecule has 0 aliphatic carbocycles. The highest BCUT2D eigenvalue weighted by atomic mass is 35.5. The van der Waals surface area contributed by atoms with Gasteiger partial charge < -0.3 is 0 Å². The van der Waals surface area contributed by atoms with Crippen molar-refractivity contribution in [2.75, 3.05) is 0 Å². The third kappa shape index (κ3) is 3.96. The van der Waals surface area contributed by atoms with E-state index in [1.807, 2.05) is 6.92 Å². The highest BCUT2D eigenvalue weighted by Crippen LogP contribution is 2.28. The number of rotatable bonds is 3. The van der Waals surface area contributed by atoms with E-state index in [4.69, 9.17) is 11.6 Å². The predicted octanol–water partition coefficient (Wildman–Crippen LogP) is 5.83. The Morgan fingerprint density at radius 1 is 1.04 bits per heavy atom. The molecule has 0 fully saturated rings. The van der Waals surface area contributed by atoms with Crippen molar-refractivity contribution in [2.45, 2.75) is 20.0 Å². The first kappa shape index (κ1) is 18.2. The number of halogens is 4. The number of aromatic nitrogens is 2. The lowest BCUT2D eigenvalue weighted by atomic mass is 10.1. The Balaban J connectivity index is 2.16. The van der Waals surface area contributed by atoms with Gasteiger partial charge in [-0.15, -0.1) is 0 Å². The summed E-state index contributed by atoms with van der Waals surface area (Å²) < 4.78 is 42.2. The quantitative estimate of drug-likeness (QED) is 0.528. The molecular formula is C19H15ClF3N3. The van der Waals surface area contributed by atoms with Crippen LogP contribution < -0.4 is 0 Å². The summed E-state index contributed by atoms with van der Waals surface area (Å²) in [6.07, 6.45) is -4.60. The van der Waals surface area contributed by atoms with E-state index in [-0.39, 0.29) is 11.4 Å². The van der Waals surface area contributed by atoms with Crippen molar-refractivity contribution in [3.8, 4) is 5.69 Å². The van der Waals surface area contributed by atoms with Gasteiger partial charge in [-0.25, -0.2) is 9.67 Å². The molecule has 0 spiro atoms. The van der Waals surface area contributed by atoms with E-state index in [0.29, 0.717) is 16.4 Å². The van der Waals surface area contributed by atoms with Crippen LogP contribution in [0.15, 0.2) is 59.6 Å². The monoisotopic (exact) mass is 377 g/mol. The van der Waals surface area contributed by atoms with Crippen LogP contribution >= 0.6 is 11.6 Å². The second-order valence-electron chi connectivity index (χ2n) is 5.86. The molecule has 3 nitrogen and oxygen atoms in total. The molecule has 134 valence electrons. The van der Waals surface area contributed by atoms with Crippen molar-refractivity contribution in [2.24, 2.45) is 4.99 Å². The summed E-state index contributed by atoms with van der Waals surface area (Å²) in [5.41, 5.74) is 0.985. The average Bonchev–Trinajstić information content (AvgIpc) is 2.93. The Hall–Kier alpha value is -2.60. The summed E-state index contributed by atoms with van der Waals surface area (Å²) in [5, 5.41) is 4.71. The number of aliphatic imine (C=N–C) groups is 1. The summed E-state index contributed by atoms with van der Waals surface area (Å²) in [7, 11) is 0. The fraction of sp³-hybridized carbons (Fsp3) is 0.158. The molecule has 2 aromatic carbocycles. The largest absolute Gasteiger partial charge is 0.434 e.